The first-order valence-corrected chi connectivity index (χ1v) is 5.10. The molecule has 0 saturated heterocycles. The van der Waals surface area contributed by atoms with Crippen molar-refractivity contribution < 1.29 is 9.90 Å². The summed E-state index contributed by atoms with van der Waals surface area (Å²) in [6.07, 6.45) is 4.34. The van der Waals surface area contributed by atoms with Gasteiger partial charge in [-0.3, -0.25) is 5.10 Å². The molecule has 1 aromatic heterocycles. The van der Waals surface area contributed by atoms with Crippen LogP contribution in [0, 0.1) is 0 Å². The van der Waals surface area contributed by atoms with E-state index in [0.717, 1.165) is 31.5 Å². The Labute approximate surface area is 87.1 Å². The molecule has 0 unspecified atom stereocenters. The second-order valence-electron chi connectivity index (χ2n) is 3.88. The number of nitrogens with zero attached hydrogens (tertiary/aromatic N) is 2. The summed E-state index contributed by atoms with van der Waals surface area (Å²) in [4.78, 5) is 14.6. The van der Waals surface area contributed by atoms with E-state index in [4.69, 9.17) is 5.11 Å². The van der Waals surface area contributed by atoms with Crippen molar-refractivity contribution in [2.75, 3.05) is 0 Å². The molecule has 6 heteroatoms. The number of carboxylic acid groups (broad SMARTS) is 1. The fourth-order valence-electron chi connectivity index (χ4n) is 2.16. The molecule has 2 atom stereocenters. The molecule has 0 spiro atoms. The predicted molar refractivity (Wildman–Crippen MR) is 52.5 cm³/mol. The van der Waals surface area contributed by atoms with E-state index in [0.29, 0.717) is 5.92 Å². The Kier molecular flexibility index (Phi) is 2.84. The molecule has 1 aliphatic rings. The molecule has 0 bridgehead atoms. The lowest BCUT2D eigenvalue weighted by Gasteiger charge is -2.27. The van der Waals surface area contributed by atoms with Crippen LogP contribution >= 0.6 is 0 Å². The van der Waals surface area contributed by atoms with Crippen LogP contribution in [-0.4, -0.2) is 32.4 Å². The largest absolute Gasteiger partial charge is 0.465 e. The zero-order valence-electron chi connectivity index (χ0n) is 8.31. The Morgan fingerprint density at radius 1 is 1.60 bits per heavy atom. The minimum atomic E-state index is -0.946. The fourth-order valence-corrected chi connectivity index (χ4v) is 2.16. The van der Waals surface area contributed by atoms with Crippen molar-refractivity contribution in [1.82, 2.24) is 20.5 Å². The van der Waals surface area contributed by atoms with Crippen LogP contribution in [0.15, 0.2) is 6.33 Å². The fraction of sp³-hybridized carbons (Fsp3) is 0.667. The molecule has 0 aromatic carbocycles. The maximum atomic E-state index is 10.5. The zero-order valence-corrected chi connectivity index (χ0v) is 8.31. The lowest BCUT2D eigenvalue weighted by Crippen LogP contribution is -2.37. The van der Waals surface area contributed by atoms with Crippen LogP contribution in [-0.2, 0) is 0 Å². The molecule has 1 aromatic rings. The number of nitrogens with one attached hydrogen (secondary N) is 2. The van der Waals surface area contributed by atoms with E-state index in [9.17, 15) is 4.79 Å². The molecular weight excluding hydrogens is 196 g/mol. The van der Waals surface area contributed by atoms with Crippen molar-refractivity contribution in [2.45, 2.75) is 37.6 Å². The number of aromatic nitrogens is 3. The highest BCUT2D eigenvalue weighted by Gasteiger charge is 2.25. The van der Waals surface area contributed by atoms with Crippen molar-refractivity contribution in [3.05, 3.63) is 12.2 Å². The summed E-state index contributed by atoms with van der Waals surface area (Å²) in [7, 11) is 0. The van der Waals surface area contributed by atoms with Gasteiger partial charge >= 0.3 is 6.09 Å². The Balaban J connectivity index is 1.95. The van der Waals surface area contributed by atoms with E-state index >= 15 is 0 Å². The average Bonchev–Trinajstić information content (AvgIpc) is 2.69. The van der Waals surface area contributed by atoms with E-state index < -0.39 is 6.09 Å². The maximum absolute atomic E-state index is 10.5. The molecule has 1 fully saturated rings. The topological polar surface area (TPSA) is 90.9 Å². The number of hydrogen-bond donors (Lipinski definition) is 3. The Morgan fingerprint density at radius 2 is 2.47 bits per heavy atom. The number of aromatic amines is 1. The molecule has 1 aliphatic carbocycles. The van der Waals surface area contributed by atoms with Gasteiger partial charge in [-0.2, -0.15) is 5.10 Å². The summed E-state index contributed by atoms with van der Waals surface area (Å²) in [5.41, 5.74) is 0. The minimum absolute atomic E-state index is 0.0475. The van der Waals surface area contributed by atoms with Gasteiger partial charge in [0.25, 0.3) is 0 Å². The van der Waals surface area contributed by atoms with Crippen LogP contribution < -0.4 is 5.32 Å². The second kappa shape index (κ2) is 4.29. The van der Waals surface area contributed by atoms with E-state index in [1.807, 2.05) is 0 Å². The number of hydrogen-bond acceptors (Lipinski definition) is 3. The molecule has 1 heterocycles. The third-order valence-corrected chi connectivity index (χ3v) is 2.82. The van der Waals surface area contributed by atoms with Gasteiger partial charge in [0.05, 0.1) is 0 Å². The monoisotopic (exact) mass is 210 g/mol. The third-order valence-electron chi connectivity index (χ3n) is 2.82. The summed E-state index contributed by atoms with van der Waals surface area (Å²) in [5.74, 6) is 1.17. The first kappa shape index (κ1) is 9.95. The number of H-pyrrole nitrogens is 1. The van der Waals surface area contributed by atoms with Gasteiger partial charge < -0.3 is 10.4 Å². The Morgan fingerprint density at radius 3 is 3.13 bits per heavy atom. The van der Waals surface area contributed by atoms with Gasteiger partial charge in [-0.25, -0.2) is 9.78 Å². The summed E-state index contributed by atoms with van der Waals surface area (Å²) in [5, 5.41) is 17.8. The molecule has 2 rings (SSSR count). The van der Waals surface area contributed by atoms with Gasteiger partial charge in [0, 0.05) is 12.0 Å². The van der Waals surface area contributed by atoms with Crippen molar-refractivity contribution >= 4 is 6.09 Å². The lowest BCUT2D eigenvalue weighted by atomic mass is 9.85. The van der Waals surface area contributed by atoms with Crippen LogP contribution in [0.5, 0.6) is 0 Å². The molecule has 0 aliphatic heterocycles. The predicted octanol–water partition coefficient (Wildman–Crippen LogP) is 1.10. The molecule has 6 nitrogen and oxygen atoms in total. The van der Waals surface area contributed by atoms with Gasteiger partial charge in [-0.15, -0.1) is 0 Å². The number of carbonyl (C=O) groups is 1. The number of rotatable bonds is 2. The van der Waals surface area contributed by atoms with Gasteiger partial charge in [0.15, 0.2) is 0 Å². The van der Waals surface area contributed by atoms with Crippen molar-refractivity contribution in [2.24, 2.45) is 0 Å². The molecule has 1 saturated carbocycles. The highest BCUT2D eigenvalue weighted by atomic mass is 16.4. The highest BCUT2D eigenvalue weighted by Crippen LogP contribution is 2.30. The van der Waals surface area contributed by atoms with E-state index in [1.165, 1.54) is 6.33 Å². The summed E-state index contributed by atoms with van der Waals surface area (Å²) in [6, 6.07) is 0.0475. The SMILES string of the molecule is O=C(O)N[C@@H]1CCC[C@H](c2ncn[nH]2)C1. The van der Waals surface area contributed by atoms with Crippen molar-refractivity contribution in [3.8, 4) is 0 Å². The molecule has 1 amide bonds. The zero-order chi connectivity index (χ0) is 10.7. The summed E-state index contributed by atoms with van der Waals surface area (Å²) >= 11 is 0. The third kappa shape index (κ3) is 2.45. The minimum Gasteiger partial charge on any atom is -0.465 e. The van der Waals surface area contributed by atoms with Gasteiger partial charge in [-0.05, 0) is 19.3 Å². The van der Waals surface area contributed by atoms with E-state index in [-0.39, 0.29) is 6.04 Å². The van der Waals surface area contributed by atoms with Crippen LogP contribution in [0.1, 0.15) is 37.4 Å². The van der Waals surface area contributed by atoms with Crippen molar-refractivity contribution in [1.29, 1.82) is 0 Å². The van der Waals surface area contributed by atoms with Crippen LogP contribution in [0.25, 0.3) is 0 Å². The maximum Gasteiger partial charge on any atom is 0.404 e. The van der Waals surface area contributed by atoms with E-state index in [2.05, 4.69) is 20.5 Å². The first-order chi connectivity index (χ1) is 7.25. The quantitative estimate of drug-likeness (QED) is 0.681. The molecule has 0 radical (unpaired) electrons. The second-order valence-corrected chi connectivity index (χ2v) is 3.88. The smallest absolute Gasteiger partial charge is 0.404 e. The highest BCUT2D eigenvalue weighted by molar-refractivity contribution is 5.64. The lowest BCUT2D eigenvalue weighted by molar-refractivity contribution is 0.184. The van der Waals surface area contributed by atoms with Gasteiger partial charge in [-0.1, -0.05) is 6.42 Å². The van der Waals surface area contributed by atoms with E-state index in [1.54, 1.807) is 0 Å². The summed E-state index contributed by atoms with van der Waals surface area (Å²) < 4.78 is 0. The average molecular weight is 210 g/mol. The van der Waals surface area contributed by atoms with Crippen LogP contribution in [0.4, 0.5) is 4.79 Å². The Hall–Kier alpha value is -1.59. The van der Waals surface area contributed by atoms with Gasteiger partial charge in [0.2, 0.25) is 0 Å². The normalized spacial score (nSPS) is 26.1. The Bertz CT molecular complexity index is 325. The van der Waals surface area contributed by atoms with Crippen LogP contribution in [0.3, 0.4) is 0 Å². The number of amides is 1. The summed E-state index contributed by atoms with van der Waals surface area (Å²) in [6.45, 7) is 0. The van der Waals surface area contributed by atoms with Gasteiger partial charge in [0.1, 0.15) is 12.2 Å². The first-order valence-electron chi connectivity index (χ1n) is 5.10. The molecular formula is C9H14N4O2. The van der Waals surface area contributed by atoms with Crippen molar-refractivity contribution in [3.63, 3.8) is 0 Å². The molecule has 82 valence electrons. The molecule has 3 N–H and O–H groups in total. The van der Waals surface area contributed by atoms with Crippen LogP contribution in [0.2, 0.25) is 0 Å². The standard InChI is InChI=1S/C9H14N4O2/c14-9(15)12-7-3-1-2-6(4-7)8-10-5-11-13-8/h5-7,12H,1-4H2,(H,14,15)(H,10,11,13)/t6-,7+/m0/s1. The molecule has 15 heavy (non-hydrogen) atoms.